The molecule has 2 nitrogen and oxygen atoms in total. The smallest absolute Gasteiger partial charge is 0.104 e. The Balaban J connectivity index is 2.26. The Labute approximate surface area is 108 Å². The third kappa shape index (κ3) is 2.77. The quantitative estimate of drug-likeness (QED) is 0.890. The van der Waals surface area contributed by atoms with Crippen molar-refractivity contribution < 1.29 is 5.11 Å². The van der Waals surface area contributed by atoms with Crippen molar-refractivity contribution >= 4 is 0 Å². The SMILES string of the molecule is Cc1cc(C(O)c2ccc(C(C)C)cc2)ccn1. The van der Waals surface area contributed by atoms with E-state index < -0.39 is 6.10 Å². The molecule has 1 unspecified atom stereocenters. The molecular weight excluding hydrogens is 222 g/mol. The Morgan fingerprint density at radius 2 is 1.56 bits per heavy atom. The molecule has 18 heavy (non-hydrogen) atoms. The Kier molecular flexibility index (Phi) is 3.78. The van der Waals surface area contributed by atoms with Crippen LogP contribution in [0.1, 0.15) is 48.3 Å². The number of aliphatic hydroxyl groups is 1. The molecule has 1 atom stereocenters. The number of aliphatic hydroxyl groups excluding tert-OH is 1. The molecule has 0 aliphatic carbocycles. The third-order valence-corrected chi connectivity index (χ3v) is 3.16. The van der Waals surface area contributed by atoms with Crippen molar-refractivity contribution in [3.05, 3.63) is 65.0 Å². The van der Waals surface area contributed by atoms with Gasteiger partial charge >= 0.3 is 0 Å². The van der Waals surface area contributed by atoms with Crippen molar-refractivity contribution in [2.75, 3.05) is 0 Å². The van der Waals surface area contributed by atoms with Crippen LogP contribution in [0.2, 0.25) is 0 Å². The largest absolute Gasteiger partial charge is 0.384 e. The molecule has 0 aliphatic heterocycles. The van der Waals surface area contributed by atoms with Crippen molar-refractivity contribution in [2.24, 2.45) is 0 Å². The van der Waals surface area contributed by atoms with Crippen LogP contribution in [-0.2, 0) is 0 Å². The zero-order valence-corrected chi connectivity index (χ0v) is 11.1. The molecule has 0 spiro atoms. The van der Waals surface area contributed by atoms with Gasteiger partial charge in [0, 0.05) is 11.9 Å². The standard InChI is InChI=1S/C16H19NO/c1-11(2)13-4-6-14(7-5-13)16(18)15-8-9-17-12(3)10-15/h4-11,16,18H,1-3H3. The number of benzene rings is 1. The predicted molar refractivity (Wildman–Crippen MR) is 73.6 cm³/mol. The molecule has 2 heteroatoms. The average Bonchev–Trinajstić information content (AvgIpc) is 2.38. The predicted octanol–water partition coefficient (Wildman–Crippen LogP) is 3.60. The molecule has 0 amide bonds. The van der Waals surface area contributed by atoms with Gasteiger partial charge in [0.1, 0.15) is 6.10 Å². The number of aryl methyl sites for hydroxylation is 1. The van der Waals surface area contributed by atoms with Crippen molar-refractivity contribution in [2.45, 2.75) is 32.8 Å². The number of hydrogen-bond donors (Lipinski definition) is 1. The zero-order chi connectivity index (χ0) is 13.1. The van der Waals surface area contributed by atoms with E-state index in [2.05, 4.69) is 31.0 Å². The maximum absolute atomic E-state index is 10.3. The second kappa shape index (κ2) is 5.32. The molecule has 0 radical (unpaired) electrons. The molecule has 1 heterocycles. The van der Waals surface area contributed by atoms with E-state index in [4.69, 9.17) is 0 Å². The van der Waals surface area contributed by atoms with E-state index in [9.17, 15) is 5.11 Å². The molecule has 0 bridgehead atoms. The van der Waals surface area contributed by atoms with Crippen LogP contribution in [0.5, 0.6) is 0 Å². The van der Waals surface area contributed by atoms with Gasteiger partial charge in [-0.1, -0.05) is 38.1 Å². The number of aromatic nitrogens is 1. The van der Waals surface area contributed by atoms with Crippen molar-refractivity contribution in [1.29, 1.82) is 0 Å². The number of nitrogens with zero attached hydrogens (tertiary/aromatic N) is 1. The van der Waals surface area contributed by atoms with E-state index in [1.807, 2.05) is 31.2 Å². The van der Waals surface area contributed by atoms with Crippen LogP contribution in [0.3, 0.4) is 0 Å². The molecule has 1 N–H and O–H groups in total. The van der Waals surface area contributed by atoms with E-state index in [-0.39, 0.29) is 0 Å². The average molecular weight is 241 g/mol. The molecule has 2 rings (SSSR count). The van der Waals surface area contributed by atoms with E-state index in [1.54, 1.807) is 6.20 Å². The summed E-state index contributed by atoms with van der Waals surface area (Å²) in [6.45, 7) is 6.26. The maximum atomic E-state index is 10.3. The first-order valence-electron chi connectivity index (χ1n) is 6.28. The van der Waals surface area contributed by atoms with Gasteiger partial charge in [0.05, 0.1) is 0 Å². The van der Waals surface area contributed by atoms with Crippen molar-refractivity contribution in [3.8, 4) is 0 Å². The van der Waals surface area contributed by atoms with E-state index >= 15 is 0 Å². The van der Waals surface area contributed by atoms with E-state index in [0.29, 0.717) is 5.92 Å². The lowest BCUT2D eigenvalue weighted by molar-refractivity contribution is 0.220. The molecule has 1 aromatic carbocycles. The highest BCUT2D eigenvalue weighted by atomic mass is 16.3. The van der Waals surface area contributed by atoms with Gasteiger partial charge in [-0.25, -0.2) is 0 Å². The first kappa shape index (κ1) is 12.8. The normalized spacial score (nSPS) is 12.7. The zero-order valence-electron chi connectivity index (χ0n) is 11.1. The van der Waals surface area contributed by atoms with Crippen LogP contribution in [0.25, 0.3) is 0 Å². The first-order chi connectivity index (χ1) is 8.58. The van der Waals surface area contributed by atoms with Gasteiger partial charge in [-0.3, -0.25) is 4.98 Å². The highest BCUT2D eigenvalue weighted by molar-refractivity contribution is 5.32. The fourth-order valence-electron chi connectivity index (χ4n) is 1.99. The molecule has 0 saturated carbocycles. The van der Waals surface area contributed by atoms with Crippen LogP contribution >= 0.6 is 0 Å². The summed E-state index contributed by atoms with van der Waals surface area (Å²) in [6, 6.07) is 11.9. The van der Waals surface area contributed by atoms with Crippen LogP contribution in [0.15, 0.2) is 42.6 Å². The Morgan fingerprint density at radius 3 is 2.11 bits per heavy atom. The Morgan fingerprint density at radius 1 is 0.944 bits per heavy atom. The third-order valence-electron chi connectivity index (χ3n) is 3.16. The Hall–Kier alpha value is -1.67. The lowest BCUT2D eigenvalue weighted by atomic mass is 9.97. The number of pyridine rings is 1. The van der Waals surface area contributed by atoms with Crippen LogP contribution in [0, 0.1) is 6.92 Å². The van der Waals surface area contributed by atoms with Gasteiger partial charge in [-0.05, 0) is 41.7 Å². The summed E-state index contributed by atoms with van der Waals surface area (Å²) < 4.78 is 0. The summed E-state index contributed by atoms with van der Waals surface area (Å²) in [4.78, 5) is 4.14. The van der Waals surface area contributed by atoms with Gasteiger partial charge in [0.15, 0.2) is 0 Å². The molecule has 0 fully saturated rings. The summed E-state index contributed by atoms with van der Waals surface area (Å²) in [5.74, 6) is 0.513. The second-order valence-corrected chi connectivity index (χ2v) is 4.95. The summed E-state index contributed by atoms with van der Waals surface area (Å²) in [6.07, 6.45) is 1.16. The summed E-state index contributed by atoms with van der Waals surface area (Å²) in [7, 11) is 0. The van der Waals surface area contributed by atoms with Gasteiger partial charge < -0.3 is 5.11 Å². The minimum absolute atomic E-state index is 0.513. The fourth-order valence-corrected chi connectivity index (χ4v) is 1.99. The van der Waals surface area contributed by atoms with Gasteiger partial charge in [0.2, 0.25) is 0 Å². The summed E-state index contributed by atoms with van der Waals surface area (Å²) in [5, 5.41) is 10.3. The van der Waals surface area contributed by atoms with E-state index in [1.165, 1.54) is 5.56 Å². The Bertz CT molecular complexity index is 517. The van der Waals surface area contributed by atoms with Crippen molar-refractivity contribution in [3.63, 3.8) is 0 Å². The summed E-state index contributed by atoms with van der Waals surface area (Å²) in [5.41, 5.74) is 4.02. The highest BCUT2D eigenvalue weighted by Crippen LogP contribution is 2.24. The minimum atomic E-state index is -0.576. The molecular formula is C16H19NO. The second-order valence-electron chi connectivity index (χ2n) is 4.95. The number of rotatable bonds is 3. The number of hydrogen-bond acceptors (Lipinski definition) is 2. The molecule has 0 aliphatic rings. The molecule has 2 aromatic rings. The van der Waals surface area contributed by atoms with Gasteiger partial charge in [-0.15, -0.1) is 0 Å². The maximum Gasteiger partial charge on any atom is 0.104 e. The lowest BCUT2D eigenvalue weighted by Crippen LogP contribution is -2.01. The van der Waals surface area contributed by atoms with Crippen LogP contribution in [-0.4, -0.2) is 10.1 Å². The molecule has 1 aromatic heterocycles. The lowest BCUT2D eigenvalue weighted by Gasteiger charge is -2.13. The van der Waals surface area contributed by atoms with Crippen molar-refractivity contribution in [1.82, 2.24) is 4.98 Å². The fraction of sp³-hybridized carbons (Fsp3) is 0.312. The summed E-state index contributed by atoms with van der Waals surface area (Å²) >= 11 is 0. The highest BCUT2D eigenvalue weighted by Gasteiger charge is 2.11. The van der Waals surface area contributed by atoms with Crippen LogP contribution < -0.4 is 0 Å². The monoisotopic (exact) mass is 241 g/mol. The van der Waals surface area contributed by atoms with Crippen LogP contribution in [0.4, 0.5) is 0 Å². The van der Waals surface area contributed by atoms with E-state index in [0.717, 1.165) is 16.8 Å². The minimum Gasteiger partial charge on any atom is -0.384 e. The first-order valence-corrected chi connectivity index (χ1v) is 6.28. The van der Waals surface area contributed by atoms with Gasteiger partial charge in [0.25, 0.3) is 0 Å². The molecule has 0 saturated heterocycles. The topological polar surface area (TPSA) is 33.1 Å². The molecule has 94 valence electrons. The van der Waals surface area contributed by atoms with Gasteiger partial charge in [-0.2, -0.15) is 0 Å².